The lowest BCUT2D eigenvalue weighted by Crippen LogP contribution is -2.59. The van der Waals surface area contributed by atoms with Crippen LogP contribution in [0.25, 0.3) is 18.2 Å². The largest absolute Gasteiger partial charge is 0.478 e. The SMILES string of the molecule is O=C(/C=C/c1ccc2c(c1)OCO2)O[C@@H]1CC(OC(=O)/C=C/c2ccc3c(c2)OCO3)(C(=O)O)C[C@@H](OC(=O)/C=C/c2ccc3c(c2)OCO3)C1O. The fourth-order valence-electron chi connectivity index (χ4n) is 5.89. The summed E-state index contributed by atoms with van der Waals surface area (Å²) in [7, 11) is 0. The van der Waals surface area contributed by atoms with Gasteiger partial charge in [-0.2, -0.15) is 0 Å². The third-order valence-corrected chi connectivity index (χ3v) is 8.47. The maximum absolute atomic E-state index is 13.1. The molecule has 0 bridgehead atoms. The molecule has 0 radical (unpaired) electrons. The molecule has 1 saturated carbocycles. The zero-order chi connectivity index (χ0) is 36.2. The Kier molecular flexibility index (Phi) is 9.41. The number of aliphatic carboxylic acids is 1. The van der Waals surface area contributed by atoms with E-state index in [2.05, 4.69) is 0 Å². The number of aliphatic hydroxyl groups excluding tert-OH is 1. The van der Waals surface area contributed by atoms with Crippen LogP contribution in [-0.4, -0.2) is 78.4 Å². The Labute approximate surface area is 295 Å². The average Bonchev–Trinajstić information content (AvgIpc) is 3.91. The van der Waals surface area contributed by atoms with Crippen LogP contribution in [0.5, 0.6) is 34.5 Å². The summed E-state index contributed by atoms with van der Waals surface area (Å²) in [5.41, 5.74) is -0.719. The summed E-state index contributed by atoms with van der Waals surface area (Å²) >= 11 is 0. The van der Waals surface area contributed by atoms with E-state index in [0.29, 0.717) is 51.2 Å². The molecule has 1 aliphatic carbocycles. The summed E-state index contributed by atoms with van der Waals surface area (Å²) in [4.78, 5) is 51.9. The van der Waals surface area contributed by atoms with Gasteiger partial charge in [-0.05, 0) is 71.3 Å². The van der Waals surface area contributed by atoms with Gasteiger partial charge in [0.25, 0.3) is 0 Å². The molecule has 7 rings (SSSR count). The molecule has 3 aromatic carbocycles. The van der Waals surface area contributed by atoms with E-state index in [9.17, 15) is 29.4 Å². The molecule has 15 nitrogen and oxygen atoms in total. The first-order chi connectivity index (χ1) is 25.1. The first-order valence-electron chi connectivity index (χ1n) is 15.9. The smallest absolute Gasteiger partial charge is 0.348 e. The van der Waals surface area contributed by atoms with Gasteiger partial charge < -0.3 is 52.8 Å². The van der Waals surface area contributed by atoms with Crippen molar-refractivity contribution in [3.8, 4) is 34.5 Å². The van der Waals surface area contributed by atoms with E-state index in [0.717, 1.165) is 18.2 Å². The van der Waals surface area contributed by atoms with Crippen LogP contribution in [0.3, 0.4) is 0 Å². The second-order valence-electron chi connectivity index (χ2n) is 11.9. The summed E-state index contributed by atoms with van der Waals surface area (Å²) in [5.74, 6) is -1.53. The van der Waals surface area contributed by atoms with Gasteiger partial charge in [-0.1, -0.05) is 18.2 Å². The first kappa shape index (κ1) is 34.0. The van der Waals surface area contributed by atoms with E-state index >= 15 is 0 Å². The van der Waals surface area contributed by atoms with Gasteiger partial charge in [-0.3, -0.25) is 0 Å². The number of rotatable bonds is 10. The van der Waals surface area contributed by atoms with Crippen LogP contribution in [-0.2, 0) is 33.4 Å². The molecule has 3 aromatic rings. The normalized spacial score (nSPS) is 22.5. The van der Waals surface area contributed by atoms with Crippen LogP contribution in [0.1, 0.15) is 29.5 Å². The maximum atomic E-state index is 13.1. The monoisotopic (exact) mass is 714 g/mol. The zero-order valence-corrected chi connectivity index (χ0v) is 27.1. The predicted molar refractivity (Wildman–Crippen MR) is 176 cm³/mol. The van der Waals surface area contributed by atoms with Crippen molar-refractivity contribution in [2.24, 2.45) is 0 Å². The second kappa shape index (κ2) is 14.4. The molecule has 52 heavy (non-hydrogen) atoms. The number of carbonyl (C=O) groups is 4. The highest BCUT2D eigenvalue weighted by molar-refractivity contribution is 5.91. The molecule has 0 saturated heterocycles. The topological polar surface area (TPSA) is 192 Å². The van der Waals surface area contributed by atoms with Crippen molar-refractivity contribution in [3.63, 3.8) is 0 Å². The maximum Gasteiger partial charge on any atom is 0.348 e. The van der Waals surface area contributed by atoms with E-state index in [1.54, 1.807) is 54.6 Å². The van der Waals surface area contributed by atoms with Gasteiger partial charge in [-0.15, -0.1) is 0 Å². The number of hydrogen-bond acceptors (Lipinski definition) is 14. The molecule has 0 unspecified atom stereocenters. The van der Waals surface area contributed by atoms with Gasteiger partial charge in [0.1, 0.15) is 18.3 Å². The molecule has 0 amide bonds. The van der Waals surface area contributed by atoms with Crippen molar-refractivity contribution in [3.05, 3.63) is 89.5 Å². The van der Waals surface area contributed by atoms with Gasteiger partial charge >= 0.3 is 23.9 Å². The third-order valence-electron chi connectivity index (χ3n) is 8.47. The summed E-state index contributed by atoms with van der Waals surface area (Å²) in [5, 5.41) is 21.7. The fourth-order valence-corrected chi connectivity index (χ4v) is 5.89. The Morgan fingerprint density at radius 1 is 0.577 bits per heavy atom. The van der Waals surface area contributed by atoms with Crippen molar-refractivity contribution in [2.75, 3.05) is 20.4 Å². The molecule has 1 fully saturated rings. The van der Waals surface area contributed by atoms with Crippen LogP contribution in [0.2, 0.25) is 0 Å². The molecule has 4 aliphatic rings. The minimum atomic E-state index is -2.38. The number of fused-ring (bicyclic) bond motifs is 3. The minimum absolute atomic E-state index is 0.0530. The molecule has 2 atom stereocenters. The lowest BCUT2D eigenvalue weighted by Gasteiger charge is -2.42. The fraction of sp³-hybridized carbons (Fsp3) is 0.243. The van der Waals surface area contributed by atoms with Crippen molar-refractivity contribution in [1.29, 1.82) is 0 Å². The highest BCUT2D eigenvalue weighted by Crippen LogP contribution is 2.38. The van der Waals surface area contributed by atoms with E-state index in [1.807, 2.05) is 0 Å². The summed E-state index contributed by atoms with van der Waals surface area (Å²) < 4.78 is 48.4. The minimum Gasteiger partial charge on any atom is -0.478 e. The first-order valence-corrected chi connectivity index (χ1v) is 15.9. The number of esters is 3. The standard InChI is InChI=1S/C37H30O15/c38-32(10-4-21-1-7-24-27(13-21)47-18-44-24)50-30-16-37(36(42)43,52-34(40)12-6-23-3-9-26-29(15-23)49-20-46-26)17-31(35(30)41)51-33(39)11-5-22-2-8-25-28(14-22)48-19-45-25/h1-15,30-31,35,41H,16-20H2,(H,42,43)/b10-4+,11-5+,12-6+/t30-,31-,35?,37?/m1/s1. The number of carboxylic acids is 1. The Balaban J connectivity index is 1.09. The van der Waals surface area contributed by atoms with Crippen molar-refractivity contribution in [2.45, 2.75) is 36.8 Å². The zero-order valence-electron chi connectivity index (χ0n) is 27.1. The second-order valence-corrected chi connectivity index (χ2v) is 11.9. The van der Waals surface area contributed by atoms with Gasteiger partial charge in [0, 0.05) is 31.1 Å². The van der Waals surface area contributed by atoms with E-state index in [-0.39, 0.29) is 20.4 Å². The molecule has 0 spiro atoms. The summed E-state index contributed by atoms with van der Waals surface area (Å²) in [6.45, 7) is 0.180. The molecule has 2 N–H and O–H groups in total. The summed E-state index contributed by atoms with van der Waals surface area (Å²) in [6, 6.07) is 14.9. The van der Waals surface area contributed by atoms with Crippen LogP contribution < -0.4 is 28.4 Å². The number of benzene rings is 3. The Bertz CT molecular complexity index is 1900. The number of aliphatic hydroxyl groups is 1. The lowest BCUT2D eigenvalue weighted by molar-refractivity contribution is -0.211. The van der Waals surface area contributed by atoms with Gasteiger partial charge in [-0.25, -0.2) is 19.2 Å². The highest BCUT2D eigenvalue weighted by Gasteiger charge is 2.56. The van der Waals surface area contributed by atoms with E-state index < -0.39 is 60.6 Å². The molecular formula is C37H30O15. The molecule has 15 heteroatoms. The molecule has 3 aliphatic heterocycles. The molecule has 268 valence electrons. The lowest BCUT2D eigenvalue weighted by atomic mass is 9.79. The van der Waals surface area contributed by atoms with Gasteiger partial charge in [0.05, 0.1) is 0 Å². The highest BCUT2D eigenvalue weighted by atomic mass is 16.7. The third kappa shape index (κ3) is 7.49. The van der Waals surface area contributed by atoms with Crippen LogP contribution in [0.15, 0.2) is 72.8 Å². The Morgan fingerprint density at radius 2 is 0.942 bits per heavy atom. The van der Waals surface area contributed by atoms with E-state index in [4.69, 9.17) is 42.6 Å². The van der Waals surface area contributed by atoms with Gasteiger partial charge in [0.15, 0.2) is 34.5 Å². The summed E-state index contributed by atoms with van der Waals surface area (Å²) in [6.07, 6.45) is 1.20. The number of carboxylic acid groups (broad SMARTS) is 1. The number of hydrogen-bond donors (Lipinski definition) is 2. The van der Waals surface area contributed by atoms with Crippen LogP contribution in [0, 0.1) is 0 Å². The van der Waals surface area contributed by atoms with Crippen molar-refractivity contribution >= 4 is 42.1 Å². The molecule has 0 aromatic heterocycles. The molecular weight excluding hydrogens is 684 g/mol. The number of ether oxygens (including phenoxy) is 9. The Hall–Kier alpha value is -6.48. The van der Waals surface area contributed by atoms with Crippen LogP contribution >= 0.6 is 0 Å². The van der Waals surface area contributed by atoms with Crippen LogP contribution in [0.4, 0.5) is 0 Å². The van der Waals surface area contributed by atoms with Crippen molar-refractivity contribution in [1.82, 2.24) is 0 Å². The quantitative estimate of drug-likeness (QED) is 0.176. The van der Waals surface area contributed by atoms with E-state index in [1.165, 1.54) is 18.2 Å². The molecule has 3 heterocycles. The predicted octanol–water partition coefficient (Wildman–Crippen LogP) is 3.66. The van der Waals surface area contributed by atoms with Gasteiger partial charge in [0.2, 0.25) is 26.0 Å². The number of carbonyl (C=O) groups excluding carboxylic acids is 3. The van der Waals surface area contributed by atoms with Crippen molar-refractivity contribution < 1.29 is 72.0 Å². The average molecular weight is 715 g/mol. The Morgan fingerprint density at radius 3 is 1.33 bits per heavy atom.